The lowest BCUT2D eigenvalue weighted by Crippen LogP contribution is -2.09. The Balaban J connectivity index is 2.11. The van der Waals surface area contributed by atoms with Gasteiger partial charge in [0.2, 0.25) is 5.91 Å². The molecule has 0 aromatic heterocycles. The van der Waals surface area contributed by atoms with E-state index < -0.39 is 11.9 Å². The predicted molar refractivity (Wildman–Crippen MR) is 88.3 cm³/mol. The highest BCUT2D eigenvalue weighted by atomic mass is 16.5. The van der Waals surface area contributed by atoms with Crippen molar-refractivity contribution >= 4 is 23.6 Å². The maximum Gasteiger partial charge on any atom is 0.341 e. The first-order valence-corrected chi connectivity index (χ1v) is 6.97. The number of anilines is 1. The summed E-state index contributed by atoms with van der Waals surface area (Å²) in [6.07, 6.45) is 3.02. The van der Waals surface area contributed by atoms with E-state index in [2.05, 4.69) is 10.1 Å². The number of amides is 1. The molecule has 0 spiro atoms. The van der Waals surface area contributed by atoms with Crippen LogP contribution in [-0.4, -0.2) is 24.1 Å². The van der Waals surface area contributed by atoms with E-state index in [-0.39, 0.29) is 17.0 Å². The monoisotopic (exact) mass is 311 g/mol. The van der Waals surface area contributed by atoms with Crippen LogP contribution in [-0.2, 0) is 9.53 Å². The van der Waals surface area contributed by atoms with Crippen molar-refractivity contribution in [2.24, 2.45) is 0 Å². The van der Waals surface area contributed by atoms with Gasteiger partial charge in [0, 0.05) is 6.08 Å². The van der Waals surface area contributed by atoms with E-state index in [1.807, 2.05) is 31.2 Å². The van der Waals surface area contributed by atoms with Crippen LogP contribution in [0.15, 0.2) is 48.5 Å². The molecule has 0 unspecified atom stereocenters. The number of para-hydroxylation sites is 1. The Morgan fingerprint density at radius 2 is 1.83 bits per heavy atom. The minimum absolute atomic E-state index is 0.00665. The minimum Gasteiger partial charge on any atom is -0.505 e. The molecule has 0 fully saturated rings. The molecule has 5 heteroatoms. The van der Waals surface area contributed by atoms with Crippen LogP contribution in [0.2, 0.25) is 0 Å². The van der Waals surface area contributed by atoms with Crippen molar-refractivity contribution in [2.45, 2.75) is 6.92 Å². The smallest absolute Gasteiger partial charge is 0.341 e. The highest BCUT2D eigenvalue weighted by molar-refractivity contribution is 6.04. The first-order chi connectivity index (χ1) is 11.0. The summed E-state index contributed by atoms with van der Waals surface area (Å²) in [5.74, 6) is -1.41. The second-order valence-electron chi connectivity index (χ2n) is 4.93. The third-order valence-electron chi connectivity index (χ3n) is 3.20. The van der Waals surface area contributed by atoms with Gasteiger partial charge in [-0.15, -0.1) is 0 Å². The number of phenols is 1. The van der Waals surface area contributed by atoms with E-state index in [1.165, 1.54) is 25.3 Å². The summed E-state index contributed by atoms with van der Waals surface area (Å²) in [4.78, 5) is 23.4. The van der Waals surface area contributed by atoms with Gasteiger partial charge in [0.1, 0.15) is 5.56 Å². The zero-order valence-electron chi connectivity index (χ0n) is 12.9. The molecule has 0 saturated heterocycles. The molecule has 0 aliphatic heterocycles. The maximum absolute atomic E-state index is 11.9. The van der Waals surface area contributed by atoms with Crippen LogP contribution in [0, 0.1) is 6.92 Å². The summed E-state index contributed by atoms with van der Waals surface area (Å²) < 4.78 is 4.57. The fraction of sp³-hybridized carbons (Fsp3) is 0.111. The lowest BCUT2D eigenvalue weighted by molar-refractivity contribution is -0.111. The van der Waals surface area contributed by atoms with Crippen LogP contribution in [0.1, 0.15) is 21.5 Å². The number of aromatic hydroxyl groups is 1. The fourth-order valence-corrected chi connectivity index (χ4v) is 1.94. The van der Waals surface area contributed by atoms with Gasteiger partial charge in [-0.3, -0.25) is 4.79 Å². The Hall–Kier alpha value is -3.08. The number of carbonyl (C=O) groups is 2. The number of methoxy groups -OCH3 is 1. The number of hydrogen-bond donors (Lipinski definition) is 2. The summed E-state index contributed by atoms with van der Waals surface area (Å²) >= 11 is 0. The topological polar surface area (TPSA) is 75.6 Å². The standard InChI is InChI=1S/C18H17NO4/c1-12-6-8-13(9-7-12)10-11-16(20)19-15-5-3-4-14(17(15)21)18(22)23-2/h3-11,21H,1-2H3,(H,19,20)/b11-10+. The summed E-state index contributed by atoms with van der Waals surface area (Å²) in [5, 5.41) is 12.5. The number of phenolic OH excluding ortho intramolecular Hbond substituents is 1. The summed E-state index contributed by atoms with van der Waals surface area (Å²) in [6.45, 7) is 1.98. The fourth-order valence-electron chi connectivity index (χ4n) is 1.94. The van der Waals surface area contributed by atoms with Crippen molar-refractivity contribution in [2.75, 3.05) is 12.4 Å². The molecule has 1 amide bonds. The zero-order chi connectivity index (χ0) is 16.8. The van der Waals surface area contributed by atoms with Gasteiger partial charge in [0.15, 0.2) is 5.75 Å². The normalized spacial score (nSPS) is 10.5. The molecule has 0 aliphatic carbocycles. The molecule has 118 valence electrons. The van der Waals surface area contributed by atoms with Gasteiger partial charge >= 0.3 is 5.97 Å². The third kappa shape index (κ3) is 4.20. The van der Waals surface area contributed by atoms with Crippen molar-refractivity contribution in [3.05, 3.63) is 65.2 Å². The molecule has 0 aliphatic rings. The molecule has 2 N–H and O–H groups in total. The molecule has 0 radical (unpaired) electrons. The van der Waals surface area contributed by atoms with Crippen LogP contribution >= 0.6 is 0 Å². The lowest BCUT2D eigenvalue weighted by atomic mass is 10.1. The molecule has 5 nitrogen and oxygen atoms in total. The van der Waals surface area contributed by atoms with E-state index in [4.69, 9.17) is 0 Å². The molecular weight excluding hydrogens is 294 g/mol. The Bertz CT molecular complexity index is 748. The average Bonchev–Trinajstić information content (AvgIpc) is 2.55. The van der Waals surface area contributed by atoms with E-state index in [1.54, 1.807) is 12.1 Å². The van der Waals surface area contributed by atoms with Crippen LogP contribution in [0.5, 0.6) is 5.75 Å². The molecule has 0 bridgehead atoms. The van der Waals surface area contributed by atoms with Gasteiger partial charge in [-0.05, 0) is 30.7 Å². The Labute approximate surface area is 134 Å². The third-order valence-corrected chi connectivity index (χ3v) is 3.20. The molecule has 2 aromatic rings. The van der Waals surface area contributed by atoms with Gasteiger partial charge < -0.3 is 15.2 Å². The van der Waals surface area contributed by atoms with Crippen LogP contribution in [0.25, 0.3) is 6.08 Å². The lowest BCUT2D eigenvalue weighted by Gasteiger charge is -2.08. The quantitative estimate of drug-likeness (QED) is 0.517. The summed E-state index contributed by atoms with van der Waals surface area (Å²) in [6, 6.07) is 12.2. The molecule has 23 heavy (non-hydrogen) atoms. The Morgan fingerprint density at radius 1 is 1.13 bits per heavy atom. The zero-order valence-corrected chi connectivity index (χ0v) is 12.9. The number of rotatable bonds is 4. The number of ether oxygens (including phenoxy) is 1. The van der Waals surface area contributed by atoms with Gasteiger partial charge in [0.05, 0.1) is 12.8 Å². The van der Waals surface area contributed by atoms with Crippen LogP contribution in [0.4, 0.5) is 5.69 Å². The Kier molecular flexibility index (Phi) is 5.15. The summed E-state index contributed by atoms with van der Waals surface area (Å²) in [5.41, 5.74) is 2.16. The van der Waals surface area contributed by atoms with Crippen molar-refractivity contribution in [3.8, 4) is 5.75 Å². The maximum atomic E-state index is 11.9. The second kappa shape index (κ2) is 7.26. The average molecular weight is 311 g/mol. The van der Waals surface area contributed by atoms with E-state index in [0.717, 1.165) is 11.1 Å². The van der Waals surface area contributed by atoms with E-state index in [9.17, 15) is 14.7 Å². The number of nitrogens with one attached hydrogen (secondary N) is 1. The highest BCUT2D eigenvalue weighted by Gasteiger charge is 2.15. The van der Waals surface area contributed by atoms with Gasteiger partial charge in [-0.2, -0.15) is 0 Å². The van der Waals surface area contributed by atoms with Crippen molar-refractivity contribution in [1.82, 2.24) is 0 Å². The summed E-state index contributed by atoms with van der Waals surface area (Å²) in [7, 11) is 1.22. The molecule has 0 heterocycles. The Morgan fingerprint density at radius 3 is 2.48 bits per heavy atom. The van der Waals surface area contributed by atoms with Gasteiger partial charge in [-0.25, -0.2) is 4.79 Å². The van der Waals surface area contributed by atoms with Crippen molar-refractivity contribution in [1.29, 1.82) is 0 Å². The number of hydrogen-bond acceptors (Lipinski definition) is 4. The van der Waals surface area contributed by atoms with Crippen LogP contribution in [0.3, 0.4) is 0 Å². The molecule has 2 rings (SSSR count). The van der Waals surface area contributed by atoms with E-state index in [0.29, 0.717) is 0 Å². The largest absolute Gasteiger partial charge is 0.505 e. The highest BCUT2D eigenvalue weighted by Crippen LogP contribution is 2.27. The number of esters is 1. The van der Waals surface area contributed by atoms with Crippen molar-refractivity contribution < 1.29 is 19.4 Å². The predicted octanol–water partition coefficient (Wildman–Crippen LogP) is 3.14. The van der Waals surface area contributed by atoms with Crippen molar-refractivity contribution in [3.63, 3.8) is 0 Å². The SMILES string of the molecule is COC(=O)c1cccc(NC(=O)/C=C/c2ccc(C)cc2)c1O. The number of aryl methyl sites for hydroxylation is 1. The second-order valence-corrected chi connectivity index (χ2v) is 4.93. The van der Waals surface area contributed by atoms with Crippen LogP contribution < -0.4 is 5.32 Å². The first-order valence-electron chi connectivity index (χ1n) is 6.97. The minimum atomic E-state index is -0.672. The molecule has 2 aromatic carbocycles. The van der Waals surface area contributed by atoms with Gasteiger partial charge in [0.25, 0.3) is 0 Å². The number of benzene rings is 2. The molecule has 0 atom stereocenters. The first kappa shape index (κ1) is 16.3. The van der Waals surface area contributed by atoms with E-state index >= 15 is 0 Å². The van der Waals surface area contributed by atoms with Gasteiger partial charge in [-0.1, -0.05) is 35.9 Å². The molecule has 0 saturated carbocycles. The molecular formula is C18H17NO4. The number of carbonyl (C=O) groups excluding carboxylic acids is 2.